The van der Waals surface area contributed by atoms with Crippen LogP contribution < -0.4 is 5.32 Å². The molecule has 0 fully saturated rings. The summed E-state index contributed by atoms with van der Waals surface area (Å²) in [6.45, 7) is 5.33. The van der Waals surface area contributed by atoms with Crippen molar-refractivity contribution in [2.24, 2.45) is 0 Å². The lowest BCUT2D eigenvalue weighted by Crippen LogP contribution is -2.48. The van der Waals surface area contributed by atoms with E-state index in [2.05, 4.69) is 5.32 Å². The Morgan fingerprint density at radius 3 is 2.29 bits per heavy atom. The number of amides is 3. The van der Waals surface area contributed by atoms with Crippen molar-refractivity contribution in [2.75, 3.05) is 11.9 Å². The third kappa shape index (κ3) is 3.58. The van der Waals surface area contributed by atoms with Crippen molar-refractivity contribution in [2.45, 2.75) is 39.7 Å². The van der Waals surface area contributed by atoms with Gasteiger partial charge in [0, 0.05) is 38.7 Å². The second kappa shape index (κ2) is 9.19. The first-order valence-electron chi connectivity index (χ1n) is 11.3. The number of imide groups is 1. The van der Waals surface area contributed by atoms with Gasteiger partial charge in [0.1, 0.15) is 0 Å². The number of aryl methyl sites for hydroxylation is 2. The summed E-state index contributed by atoms with van der Waals surface area (Å²) in [6.07, 6.45) is 1.74. The van der Waals surface area contributed by atoms with Crippen LogP contribution in [-0.4, -0.2) is 46.7 Å². The number of nitrogens with zero attached hydrogens (tertiary/aromatic N) is 1. The quantitative estimate of drug-likeness (QED) is 0.409. The highest BCUT2D eigenvalue weighted by Crippen LogP contribution is 2.35. The summed E-state index contributed by atoms with van der Waals surface area (Å²) in [5.41, 5.74) is 3.45. The average molecular weight is 459 g/mol. The van der Waals surface area contributed by atoms with E-state index < -0.39 is 23.8 Å². The molecule has 4 rings (SSSR count). The molecule has 1 atom stereocenters. The zero-order valence-electron chi connectivity index (χ0n) is 19.3. The monoisotopic (exact) mass is 458 g/mol. The fraction of sp³-hybridized carbons (Fsp3) is 0.259. The number of hydrogen-bond donors (Lipinski definition) is 2. The number of rotatable bonds is 7. The summed E-state index contributed by atoms with van der Waals surface area (Å²) in [5, 5.41) is 13.2. The van der Waals surface area contributed by atoms with Gasteiger partial charge in [0.25, 0.3) is 17.7 Å². The lowest BCUT2D eigenvalue weighted by molar-refractivity contribution is 0.0465. The summed E-state index contributed by atoms with van der Waals surface area (Å²) >= 11 is 0. The average Bonchev–Trinajstić information content (AvgIpc) is 2.85. The van der Waals surface area contributed by atoms with Crippen molar-refractivity contribution in [1.29, 1.82) is 0 Å². The molecule has 7 heteroatoms. The molecule has 0 saturated carbocycles. The Balaban J connectivity index is 1.91. The van der Waals surface area contributed by atoms with Crippen LogP contribution in [0.15, 0.2) is 42.5 Å². The zero-order chi connectivity index (χ0) is 24.6. The first kappa shape index (κ1) is 23.3. The number of para-hydroxylation sites is 1. The van der Waals surface area contributed by atoms with Crippen LogP contribution in [0, 0.1) is 6.92 Å². The van der Waals surface area contributed by atoms with Crippen LogP contribution in [0.4, 0.5) is 5.69 Å². The molecule has 1 unspecified atom stereocenters. The molecule has 0 saturated heterocycles. The zero-order valence-corrected chi connectivity index (χ0v) is 19.3. The maximum atomic E-state index is 13.4. The molecular weight excluding hydrogens is 432 g/mol. The number of carbonyl (C=O) groups is 4. The molecule has 0 spiro atoms. The topological polar surface area (TPSA) is 104 Å². The van der Waals surface area contributed by atoms with Crippen molar-refractivity contribution >= 4 is 40.5 Å². The van der Waals surface area contributed by atoms with Gasteiger partial charge in [-0.05, 0) is 49.1 Å². The molecule has 1 heterocycles. The van der Waals surface area contributed by atoms with E-state index in [4.69, 9.17) is 0 Å². The van der Waals surface area contributed by atoms with Crippen molar-refractivity contribution < 1.29 is 24.3 Å². The second-order valence-corrected chi connectivity index (χ2v) is 8.37. The van der Waals surface area contributed by atoms with Gasteiger partial charge in [-0.2, -0.15) is 0 Å². The summed E-state index contributed by atoms with van der Waals surface area (Å²) in [7, 11) is 0. The lowest BCUT2D eigenvalue weighted by Gasteiger charge is -2.33. The van der Waals surface area contributed by atoms with E-state index in [0.29, 0.717) is 18.4 Å². The van der Waals surface area contributed by atoms with Crippen molar-refractivity contribution in [3.05, 3.63) is 75.8 Å². The summed E-state index contributed by atoms with van der Waals surface area (Å²) in [6, 6.07) is 11.1. The van der Waals surface area contributed by atoms with E-state index in [1.165, 1.54) is 24.3 Å². The summed E-state index contributed by atoms with van der Waals surface area (Å²) in [4.78, 5) is 53.0. The van der Waals surface area contributed by atoms with Crippen molar-refractivity contribution in [3.63, 3.8) is 0 Å². The number of carbonyl (C=O) groups excluding carboxylic acids is 4. The molecule has 2 N–H and O–H groups in total. The Bertz CT molecular complexity index is 1320. The Hall–Kier alpha value is -3.84. The number of benzene rings is 3. The summed E-state index contributed by atoms with van der Waals surface area (Å²) in [5.74, 6) is -1.53. The van der Waals surface area contributed by atoms with Crippen LogP contribution >= 0.6 is 0 Å². The molecule has 0 bridgehead atoms. The number of hydrogen-bond acceptors (Lipinski definition) is 5. The third-order valence-electron chi connectivity index (χ3n) is 6.49. The van der Waals surface area contributed by atoms with E-state index in [1.54, 1.807) is 6.92 Å². The predicted octanol–water partition coefficient (Wildman–Crippen LogP) is 4.14. The first-order valence-corrected chi connectivity index (χ1v) is 11.3. The normalized spacial score (nSPS) is 13.8. The molecule has 7 nitrogen and oxygen atoms in total. The molecule has 34 heavy (non-hydrogen) atoms. The molecular formula is C27H26N2O5. The summed E-state index contributed by atoms with van der Waals surface area (Å²) < 4.78 is 0. The van der Waals surface area contributed by atoms with E-state index in [-0.39, 0.29) is 39.6 Å². The largest absolute Gasteiger partial charge is 0.394 e. The van der Waals surface area contributed by atoms with Crippen LogP contribution in [0.1, 0.15) is 72.8 Å². The first-order chi connectivity index (χ1) is 16.4. The van der Waals surface area contributed by atoms with Crippen molar-refractivity contribution in [1.82, 2.24) is 4.90 Å². The smallest absolute Gasteiger partial charge is 0.261 e. The number of aliphatic hydroxyl groups is 1. The van der Waals surface area contributed by atoms with E-state index in [9.17, 15) is 24.3 Å². The van der Waals surface area contributed by atoms with Gasteiger partial charge in [-0.15, -0.1) is 0 Å². The number of aliphatic hydroxyl groups excluding tert-OH is 1. The van der Waals surface area contributed by atoms with Gasteiger partial charge >= 0.3 is 0 Å². The van der Waals surface area contributed by atoms with E-state index in [1.807, 2.05) is 32.0 Å². The number of nitrogens with one attached hydrogen (secondary N) is 1. The van der Waals surface area contributed by atoms with Gasteiger partial charge in [0.2, 0.25) is 0 Å². The highest BCUT2D eigenvalue weighted by atomic mass is 16.3. The van der Waals surface area contributed by atoms with Crippen molar-refractivity contribution in [3.8, 4) is 0 Å². The van der Waals surface area contributed by atoms with Crippen LogP contribution in [0.3, 0.4) is 0 Å². The van der Waals surface area contributed by atoms with Crippen LogP contribution in [0.25, 0.3) is 10.8 Å². The molecule has 1 aliphatic heterocycles. The fourth-order valence-electron chi connectivity index (χ4n) is 4.63. The molecule has 1 aliphatic rings. The lowest BCUT2D eigenvalue weighted by atomic mass is 9.87. The van der Waals surface area contributed by atoms with Crippen LogP contribution in [0.5, 0.6) is 0 Å². The molecule has 3 aromatic carbocycles. The molecule has 0 radical (unpaired) electrons. The van der Waals surface area contributed by atoms with Gasteiger partial charge in [0.15, 0.2) is 6.29 Å². The molecule has 3 aromatic rings. The Morgan fingerprint density at radius 2 is 1.71 bits per heavy atom. The Kier molecular flexibility index (Phi) is 6.30. The maximum absolute atomic E-state index is 13.4. The third-order valence-corrected chi connectivity index (χ3v) is 6.49. The number of aldehydes is 1. The van der Waals surface area contributed by atoms with E-state index in [0.717, 1.165) is 22.4 Å². The molecule has 0 aromatic heterocycles. The minimum absolute atomic E-state index is 0.205. The molecule has 0 aliphatic carbocycles. The van der Waals surface area contributed by atoms with Gasteiger partial charge in [0.05, 0.1) is 12.6 Å². The molecule has 3 amide bonds. The minimum atomic E-state index is -0.662. The second-order valence-electron chi connectivity index (χ2n) is 8.37. The minimum Gasteiger partial charge on any atom is -0.394 e. The number of anilines is 1. The predicted molar refractivity (Wildman–Crippen MR) is 130 cm³/mol. The van der Waals surface area contributed by atoms with Crippen LogP contribution in [-0.2, 0) is 6.42 Å². The standard InChI is InChI=1S/C27H26N2O5/c1-4-16-8-6-7-15(3)24(16)28-25(32)19-11-12-21-23-20(10-9-17(13-30)22(19)23)26(33)29(27(21)34)18(5-2)14-31/h6-13,18,31H,4-5,14H2,1-3H3,(H,28,32). The fourth-order valence-corrected chi connectivity index (χ4v) is 4.63. The van der Waals surface area contributed by atoms with Gasteiger partial charge < -0.3 is 10.4 Å². The molecule has 174 valence electrons. The van der Waals surface area contributed by atoms with Gasteiger partial charge in [-0.1, -0.05) is 38.1 Å². The highest BCUT2D eigenvalue weighted by molar-refractivity contribution is 6.30. The highest BCUT2D eigenvalue weighted by Gasteiger charge is 2.38. The SMILES string of the molecule is CCc1cccc(C)c1NC(=O)c1ccc2c3c(ccc(C=O)c13)C(=O)N(C(CC)CO)C2=O. The van der Waals surface area contributed by atoms with E-state index >= 15 is 0 Å². The Labute approximate surface area is 197 Å². The van der Waals surface area contributed by atoms with Crippen LogP contribution in [0.2, 0.25) is 0 Å². The maximum Gasteiger partial charge on any atom is 0.261 e. The Morgan fingerprint density at radius 1 is 1.03 bits per heavy atom. The van der Waals surface area contributed by atoms with Gasteiger partial charge in [-0.3, -0.25) is 24.1 Å². The van der Waals surface area contributed by atoms with Gasteiger partial charge in [-0.25, -0.2) is 0 Å².